The number of hydrogen-bond donors (Lipinski definition) is 0. The van der Waals surface area contributed by atoms with Crippen molar-refractivity contribution in [2.45, 2.75) is 4.90 Å². The van der Waals surface area contributed by atoms with Crippen LogP contribution >= 0.6 is 12.2 Å². The first kappa shape index (κ1) is 12.9. The third-order valence-electron chi connectivity index (χ3n) is 1.82. The molecular weight excluding hydrogens is 246 g/mol. The lowest BCUT2D eigenvalue weighted by molar-refractivity contribution is 0.449. The summed E-state index contributed by atoms with van der Waals surface area (Å²) in [5.41, 5.74) is 0. The fraction of sp³-hybridized carbons (Fsp3) is 0.300. The molecule has 0 saturated heterocycles. The fourth-order valence-electron chi connectivity index (χ4n) is 0.947. The second kappa shape index (κ2) is 4.80. The van der Waals surface area contributed by atoms with E-state index in [0.29, 0.717) is 10.9 Å². The first-order chi connectivity index (χ1) is 7.30. The topological polar surface area (TPSA) is 46.6 Å². The Morgan fingerprint density at radius 1 is 1.25 bits per heavy atom. The molecule has 0 fully saturated rings. The standard InChI is InChI=1S/C10H13NO3S2/c1-11(2)10(15)14-8-4-6-9(7-5-8)16(3,12)13/h4-7H,1-3H3. The monoisotopic (exact) mass is 259 g/mol. The first-order valence-corrected chi connectivity index (χ1v) is 6.80. The molecule has 0 spiro atoms. The van der Waals surface area contributed by atoms with Crippen molar-refractivity contribution in [1.29, 1.82) is 0 Å². The van der Waals surface area contributed by atoms with E-state index in [1.807, 2.05) is 0 Å². The summed E-state index contributed by atoms with van der Waals surface area (Å²) in [4.78, 5) is 1.91. The van der Waals surface area contributed by atoms with Crippen LogP contribution in [0.5, 0.6) is 5.75 Å². The van der Waals surface area contributed by atoms with E-state index in [1.54, 1.807) is 31.1 Å². The quantitative estimate of drug-likeness (QED) is 0.750. The highest BCUT2D eigenvalue weighted by Gasteiger charge is 2.07. The fourth-order valence-corrected chi connectivity index (χ4v) is 1.67. The smallest absolute Gasteiger partial charge is 0.264 e. The third kappa shape index (κ3) is 3.46. The zero-order chi connectivity index (χ0) is 12.3. The van der Waals surface area contributed by atoms with Gasteiger partial charge in [-0.2, -0.15) is 0 Å². The van der Waals surface area contributed by atoms with E-state index in [0.717, 1.165) is 6.26 Å². The van der Waals surface area contributed by atoms with Crippen LogP contribution in [0.1, 0.15) is 0 Å². The second-order valence-electron chi connectivity index (χ2n) is 3.51. The van der Waals surface area contributed by atoms with Gasteiger partial charge in [0.2, 0.25) is 0 Å². The molecule has 0 radical (unpaired) electrons. The molecule has 0 amide bonds. The molecule has 0 heterocycles. The number of thiocarbonyl (C=S) groups is 1. The molecule has 0 N–H and O–H groups in total. The molecule has 0 aromatic heterocycles. The van der Waals surface area contributed by atoms with Crippen LogP contribution in [0.3, 0.4) is 0 Å². The van der Waals surface area contributed by atoms with Gasteiger partial charge in [-0.25, -0.2) is 8.42 Å². The van der Waals surface area contributed by atoms with E-state index >= 15 is 0 Å². The highest BCUT2D eigenvalue weighted by atomic mass is 32.2. The van der Waals surface area contributed by atoms with Crippen LogP contribution in [-0.4, -0.2) is 38.8 Å². The summed E-state index contributed by atoms with van der Waals surface area (Å²) >= 11 is 4.95. The van der Waals surface area contributed by atoms with Gasteiger partial charge in [0.05, 0.1) is 4.90 Å². The lowest BCUT2D eigenvalue weighted by Crippen LogP contribution is -2.24. The molecule has 0 bridgehead atoms. The van der Waals surface area contributed by atoms with Crippen LogP contribution in [0.4, 0.5) is 0 Å². The number of rotatable bonds is 2. The highest BCUT2D eigenvalue weighted by molar-refractivity contribution is 7.90. The summed E-state index contributed by atoms with van der Waals surface area (Å²) in [6, 6.07) is 6.13. The minimum atomic E-state index is -3.16. The molecule has 0 aliphatic heterocycles. The van der Waals surface area contributed by atoms with Crippen LogP contribution in [0.2, 0.25) is 0 Å². The van der Waals surface area contributed by atoms with Crippen LogP contribution in [0.15, 0.2) is 29.2 Å². The Morgan fingerprint density at radius 3 is 2.12 bits per heavy atom. The van der Waals surface area contributed by atoms with Gasteiger partial charge in [-0.05, 0) is 36.5 Å². The molecule has 0 unspecified atom stereocenters. The summed E-state index contributed by atoms with van der Waals surface area (Å²) in [6.45, 7) is 0. The Balaban J connectivity index is 2.84. The van der Waals surface area contributed by atoms with Crippen molar-refractivity contribution in [1.82, 2.24) is 4.90 Å². The van der Waals surface area contributed by atoms with Gasteiger partial charge in [-0.15, -0.1) is 0 Å². The van der Waals surface area contributed by atoms with Crippen LogP contribution < -0.4 is 4.74 Å². The maximum atomic E-state index is 11.2. The Hall–Kier alpha value is -1.14. The van der Waals surface area contributed by atoms with Crippen molar-refractivity contribution in [2.24, 2.45) is 0 Å². The molecule has 16 heavy (non-hydrogen) atoms. The first-order valence-electron chi connectivity index (χ1n) is 4.50. The second-order valence-corrected chi connectivity index (χ2v) is 5.87. The van der Waals surface area contributed by atoms with Gasteiger partial charge in [0, 0.05) is 20.4 Å². The van der Waals surface area contributed by atoms with Gasteiger partial charge in [-0.3, -0.25) is 0 Å². The van der Waals surface area contributed by atoms with Crippen molar-refractivity contribution >= 4 is 27.2 Å². The van der Waals surface area contributed by atoms with Crippen molar-refractivity contribution in [2.75, 3.05) is 20.4 Å². The summed E-state index contributed by atoms with van der Waals surface area (Å²) in [7, 11) is 0.379. The molecule has 1 rings (SSSR count). The summed E-state index contributed by atoms with van der Waals surface area (Å²) in [5, 5.41) is 0.326. The molecule has 0 atom stereocenters. The largest absolute Gasteiger partial charge is 0.432 e. The Morgan fingerprint density at radius 2 is 1.75 bits per heavy atom. The van der Waals surface area contributed by atoms with E-state index in [1.165, 1.54) is 12.1 Å². The van der Waals surface area contributed by atoms with Gasteiger partial charge in [0.1, 0.15) is 5.75 Å². The molecular formula is C10H13NO3S2. The minimum Gasteiger partial charge on any atom is -0.432 e. The van der Waals surface area contributed by atoms with Crippen LogP contribution in [-0.2, 0) is 9.84 Å². The molecule has 0 aliphatic carbocycles. The van der Waals surface area contributed by atoms with Crippen molar-refractivity contribution in [3.8, 4) is 5.75 Å². The molecule has 6 heteroatoms. The zero-order valence-electron chi connectivity index (χ0n) is 9.30. The molecule has 1 aromatic carbocycles. The number of hydrogen-bond acceptors (Lipinski definition) is 4. The number of sulfone groups is 1. The van der Waals surface area contributed by atoms with Crippen molar-refractivity contribution in [3.63, 3.8) is 0 Å². The van der Waals surface area contributed by atoms with E-state index in [-0.39, 0.29) is 4.90 Å². The van der Waals surface area contributed by atoms with Crippen LogP contribution in [0, 0.1) is 0 Å². The Labute approximate surface area is 101 Å². The molecule has 0 aliphatic rings. The van der Waals surface area contributed by atoms with Crippen LogP contribution in [0.25, 0.3) is 0 Å². The van der Waals surface area contributed by atoms with Crippen molar-refractivity contribution in [3.05, 3.63) is 24.3 Å². The van der Waals surface area contributed by atoms with E-state index < -0.39 is 9.84 Å². The predicted molar refractivity (Wildman–Crippen MR) is 66.5 cm³/mol. The molecule has 0 saturated carbocycles. The van der Waals surface area contributed by atoms with E-state index in [4.69, 9.17) is 17.0 Å². The van der Waals surface area contributed by atoms with Gasteiger partial charge in [0.25, 0.3) is 5.17 Å². The van der Waals surface area contributed by atoms with E-state index in [9.17, 15) is 8.42 Å². The third-order valence-corrected chi connectivity index (χ3v) is 3.40. The minimum absolute atomic E-state index is 0.260. The lowest BCUT2D eigenvalue weighted by atomic mass is 10.3. The van der Waals surface area contributed by atoms with Gasteiger partial charge >= 0.3 is 0 Å². The summed E-state index contributed by atoms with van der Waals surface area (Å²) < 4.78 is 27.7. The molecule has 88 valence electrons. The van der Waals surface area contributed by atoms with Crippen molar-refractivity contribution < 1.29 is 13.2 Å². The van der Waals surface area contributed by atoms with Gasteiger partial charge < -0.3 is 9.64 Å². The van der Waals surface area contributed by atoms with Gasteiger partial charge in [0.15, 0.2) is 9.84 Å². The number of benzene rings is 1. The Kier molecular flexibility index (Phi) is 3.88. The number of ether oxygens (including phenoxy) is 1. The summed E-state index contributed by atoms with van der Waals surface area (Å²) in [5.74, 6) is 0.520. The maximum Gasteiger partial charge on any atom is 0.264 e. The number of nitrogens with zero attached hydrogens (tertiary/aromatic N) is 1. The lowest BCUT2D eigenvalue weighted by Gasteiger charge is -2.13. The maximum absolute atomic E-state index is 11.2. The highest BCUT2D eigenvalue weighted by Crippen LogP contribution is 2.16. The normalized spacial score (nSPS) is 10.9. The molecule has 4 nitrogen and oxygen atoms in total. The van der Waals surface area contributed by atoms with E-state index in [2.05, 4.69) is 0 Å². The zero-order valence-corrected chi connectivity index (χ0v) is 10.9. The SMILES string of the molecule is CN(C)C(=S)Oc1ccc(S(C)(=O)=O)cc1. The summed E-state index contributed by atoms with van der Waals surface area (Å²) in [6.07, 6.45) is 1.16. The Bertz CT molecular complexity index is 477. The molecule has 1 aromatic rings. The average Bonchev–Trinajstić information content (AvgIpc) is 2.17. The van der Waals surface area contributed by atoms with Gasteiger partial charge in [-0.1, -0.05) is 0 Å². The average molecular weight is 259 g/mol. The predicted octanol–water partition coefficient (Wildman–Crippen LogP) is 1.32.